The van der Waals surface area contributed by atoms with Gasteiger partial charge in [0.1, 0.15) is 10.6 Å². The van der Waals surface area contributed by atoms with Gasteiger partial charge in [-0.2, -0.15) is 0 Å². The molecule has 0 aliphatic rings. The minimum atomic E-state index is -3.69. The van der Waals surface area contributed by atoms with Gasteiger partial charge in [-0.15, -0.1) is 0 Å². The van der Waals surface area contributed by atoms with Gasteiger partial charge in [-0.25, -0.2) is 13.1 Å². The Morgan fingerprint density at radius 2 is 2.09 bits per heavy atom. The quantitative estimate of drug-likeness (QED) is 0.776. The first-order valence-corrected chi connectivity index (χ1v) is 8.44. The van der Waals surface area contributed by atoms with Crippen molar-refractivity contribution in [3.05, 3.63) is 48.4 Å². The maximum absolute atomic E-state index is 12.3. The van der Waals surface area contributed by atoms with E-state index < -0.39 is 16.1 Å². The van der Waals surface area contributed by atoms with Crippen LogP contribution in [0.2, 0.25) is 0 Å². The van der Waals surface area contributed by atoms with Gasteiger partial charge in [-0.1, -0.05) is 12.1 Å². The average Bonchev–Trinajstić information content (AvgIpc) is 3.02. The number of ether oxygens (including phenoxy) is 1. The second-order valence-electron chi connectivity index (χ2n) is 4.64. The van der Waals surface area contributed by atoms with Crippen molar-refractivity contribution in [2.45, 2.75) is 24.3 Å². The molecule has 6 nitrogen and oxygen atoms in total. The van der Waals surface area contributed by atoms with Crippen LogP contribution < -0.4 is 9.46 Å². The Morgan fingerprint density at radius 3 is 2.77 bits per heavy atom. The lowest BCUT2D eigenvalue weighted by Crippen LogP contribution is -2.26. The van der Waals surface area contributed by atoms with E-state index in [9.17, 15) is 13.5 Å². The van der Waals surface area contributed by atoms with Crippen molar-refractivity contribution in [2.24, 2.45) is 0 Å². The first kappa shape index (κ1) is 16.5. The molecule has 2 rings (SSSR count). The van der Waals surface area contributed by atoms with Crippen LogP contribution in [0.4, 0.5) is 0 Å². The Labute approximate surface area is 129 Å². The first-order valence-electron chi connectivity index (χ1n) is 6.96. The molecule has 0 aliphatic heterocycles. The number of hydrogen-bond donors (Lipinski definition) is 2. The molecule has 7 heteroatoms. The summed E-state index contributed by atoms with van der Waals surface area (Å²) in [6.07, 6.45) is 2.36. The van der Waals surface area contributed by atoms with Gasteiger partial charge in [-0.05, 0) is 31.5 Å². The molecule has 1 heterocycles. The molecule has 0 saturated carbocycles. The fourth-order valence-electron chi connectivity index (χ4n) is 1.99. The van der Waals surface area contributed by atoms with Crippen molar-refractivity contribution >= 4 is 10.0 Å². The highest BCUT2D eigenvalue weighted by Gasteiger charge is 2.19. The van der Waals surface area contributed by atoms with Crippen molar-refractivity contribution < 1.29 is 22.7 Å². The third-order valence-electron chi connectivity index (χ3n) is 3.08. The van der Waals surface area contributed by atoms with Crippen molar-refractivity contribution in [2.75, 3.05) is 13.2 Å². The van der Waals surface area contributed by atoms with Gasteiger partial charge in [0.15, 0.2) is 0 Å². The van der Waals surface area contributed by atoms with Crippen molar-refractivity contribution in [3.8, 4) is 5.75 Å². The molecular formula is C15H19NO5S. The number of furan rings is 1. The monoisotopic (exact) mass is 325 g/mol. The molecule has 0 spiro atoms. The Kier molecular flexibility index (Phi) is 5.59. The molecule has 0 aliphatic carbocycles. The summed E-state index contributed by atoms with van der Waals surface area (Å²) in [4.78, 5) is 0.0923. The highest BCUT2D eigenvalue weighted by Crippen LogP contribution is 2.23. The Balaban J connectivity index is 1.99. The summed E-state index contributed by atoms with van der Waals surface area (Å²) in [5.41, 5.74) is 0.619. The van der Waals surface area contributed by atoms with E-state index in [1.165, 1.54) is 18.6 Å². The Bertz CT molecular complexity index is 682. The highest BCUT2D eigenvalue weighted by atomic mass is 32.2. The topological polar surface area (TPSA) is 88.8 Å². The number of rotatable bonds is 8. The van der Waals surface area contributed by atoms with Gasteiger partial charge >= 0.3 is 0 Å². The number of nitrogens with one attached hydrogen (secondary N) is 1. The van der Waals surface area contributed by atoms with Crippen LogP contribution >= 0.6 is 0 Å². The zero-order valence-electron chi connectivity index (χ0n) is 12.2. The predicted molar refractivity (Wildman–Crippen MR) is 81.1 cm³/mol. The Hall–Kier alpha value is -1.83. The van der Waals surface area contributed by atoms with Crippen LogP contribution in [0.5, 0.6) is 5.75 Å². The smallest absolute Gasteiger partial charge is 0.244 e. The van der Waals surface area contributed by atoms with Gasteiger partial charge in [0.25, 0.3) is 0 Å². The van der Waals surface area contributed by atoms with E-state index in [-0.39, 0.29) is 17.9 Å². The SMILES string of the molecule is CCOc1ccccc1S(=O)(=O)NCCC(O)c1ccoc1. The number of para-hydroxylation sites is 1. The lowest BCUT2D eigenvalue weighted by atomic mass is 10.1. The van der Waals surface area contributed by atoms with Crippen molar-refractivity contribution in [1.29, 1.82) is 0 Å². The largest absolute Gasteiger partial charge is 0.492 e. The van der Waals surface area contributed by atoms with E-state index >= 15 is 0 Å². The fourth-order valence-corrected chi connectivity index (χ4v) is 3.18. The molecule has 2 aromatic rings. The Morgan fingerprint density at radius 1 is 1.32 bits per heavy atom. The molecule has 0 fully saturated rings. The summed E-state index contributed by atoms with van der Waals surface area (Å²) in [5, 5.41) is 9.90. The normalized spacial score (nSPS) is 13.0. The molecule has 0 saturated heterocycles. The van der Waals surface area contributed by atoms with Crippen LogP contribution in [-0.4, -0.2) is 26.7 Å². The van der Waals surface area contributed by atoms with Crippen LogP contribution in [-0.2, 0) is 10.0 Å². The number of hydrogen-bond acceptors (Lipinski definition) is 5. The van der Waals surface area contributed by atoms with E-state index in [0.29, 0.717) is 17.9 Å². The number of aliphatic hydroxyl groups excluding tert-OH is 1. The molecule has 22 heavy (non-hydrogen) atoms. The molecule has 0 radical (unpaired) electrons. The molecule has 1 aromatic heterocycles. The molecule has 2 N–H and O–H groups in total. The lowest BCUT2D eigenvalue weighted by molar-refractivity contribution is 0.168. The maximum Gasteiger partial charge on any atom is 0.244 e. The molecular weight excluding hydrogens is 306 g/mol. The highest BCUT2D eigenvalue weighted by molar-refractivity contribution is 7.89. The van der Waals surface area contributed by atoms with Crippen LogP contribution in [0.25, 0.3) is 0 Å². The van der Waals surface area contributed by atoms with E-state index in [4.69, 9.17) is 9.15 Å². The van der Waals surface area contributed by atoms with Gasteiger partial charge in [0.05, 0.1) is 25.2 Å². The maximum atomic E-state index is 12.3. The third kappa shape index (κ3) is 4.09. The van der Waals surface area contributed by atoms with Crippen LogP contribution in [0.3, 0.4) is 0 Å². The molecule has 1 unspecified atom stereocenters. The number of aliphatic hydroxyl groups is 1. The second-order valence-corrected chi connectivity index (χ2v) is 6.37. The van der Waals surface area contributed by atoms with Crippen molar-refractivity contribution in [1.82, 2.24) is 4.72 Å². The summed E-state index contributed by atoms with van der Waals surface area (Å²) in [7, 11) is -3.69. The zero-order valence-corrected chi connectivity index (χ0v) is 13.0. The fraction of sp³-hybridized carbons (Fsp3) is 0.333. The van der Waals surface area contributed by atoms with E-state index in [1.807, 2.05) is 0 Å². The second kappa shape index (κ2) is 7.44. The standard InChI is InChI=1S/C15H19NO5S/c1-2-21-14-5-3-4-6-15(14)22(18,19)16-9-7-13(17)12-8-10-20-11-12/h3-6,8,10-11,13,16-17H,2,7,9H2,1H3. The zero-order chi connectivity index (χ0) is 16.0. The predicted octanol–water partition coefficient (Wildman–Crippen LogP) is 2.08. The summed E-state index contributed by atoms with van der Waals surface area (Å²) in [6, 6.07) is 8.09. The third-order valence-corrected chi connectivity index (χ3v) is 4.58. The van der Waals surface area contributed by atoms with Crippen LogP contribution in [0.15, 0.2) is 52.2 Å². The summed E-state index contributed by atoms with van der Waals surface area (Å²) in [5.74, 6) is 0.313. The van der Waals surface area contributed by atoms with Crippen molar-refractivity contribution in [3.63, 3.8) is 0 Å². The molecule has 1 atom stereocenters. The first-order chi connectivity index (χ1) is 10.5. The van der Waals surface area contributed by atoms with Crippen LogP contribution in [0.1, 0.15) is 25.0 Å². The lowest BCUT2D eigenvalue weighted by Gasteiger charge is -2.13. The van der Waals surface area contributed by atoms with Gasteiger partial charge < -0.3 is 14.3 Å². The number of sulfonamides is 1. The minimum absolute atomic E-state index is 0.0923. The summed E-state index contributed by atoms with van der Waals surface area (Å²) >= 11 is 0. The van der Waals surface area contributed by atoms with E-state index in [1.54, 1.807) is 31.2 Å². The number of benzene rings is 1. The van der Waals surface area contributed by atoms with E-state index in [0.717, 1.165) is 0 Å². The molecule has 120 valence electrons. The van der Waals surface area contributed by atoms with Crippen LogP contribution in [0, 0.1) is 0 Å². The molecule has 0 bridgehead atoms. The van der Waals surface area contributed by atoms with E-state index in [2.05, 4.69) is 4.72 Å². The average molecular weight is 325 g/mol. The summed E-state index contributed by atoms with van der Waals surface area (Å²) < 4.78 is 37.3. The molecule has 1 aromatic carbocycles. The summed E-state index contributed by atoms with van der Waals surface area (Å²) in [6.45, 7) is 2.28. The minimum Gasteiger partial charge on any atom is -0.492 e. The van der Waals surface area contributed by atoms with Gasteiger partial charge in [0, 0.05) is 12.1 Å². The van der Waals surface area contributed by atoms with Gasteiger partial charge in [-0.3, -0.25) is 0 Å². The molecule has 0 amide bonds. The van der Waals surface area contributed by atoms with Gasteiger partial charge in [0.2, 0.25) is 10.0 Å².